The minimum atomic E-state index is -3.59. The van der Waals surface area contributed by atoms with Gasteiger partial charge in [0.1, 0.15) is 0 Å². The first-order valence-electron chi connectivity index (χ1n) is 4.76. The van der Waals surface area contributed by atoms with Crippen LogP contribution in [0.2, 0.25) is 5.02 Å². The highest BCUT2D eigenvalue weighted by Gasteiger charge is 2.18. The van der Waals surface area contributed by atoms with Crippen LogP contribution >= 0.6 is 11.6 Å². The first kappa shape index (κ1) is 13.4. The lowest BCUT2D eigenvalue weighted by atomic mass is 10.2. The van der Waals surface area contributed by atoms with E-state index in [1.807, 2.05) is 0 Å². The predicted octanol–water partition coefficient (Wildman–Crippen LogP) is 1.31. The van der Waals surface area contributed by atoms with Crippen molar-refractivity contribution in [1.29, 1.82) is 0 Å². The van der Waals surface area contributed by atoms with Gasteiger partial charge >= 0.3 is 0 Å². The molecule has 1 atom stereocenters. The number of aliphatic hydroxyl groups excluding tert-OH is 1. The smallest absolute Gasteiger partial charge is 0.241 e. The van der Waals surface area contributed by atoms with Crippen LogP contribution in [0, 0.1) is 6.92 Å². The van der Waals surface area contributed by atoms with E-state index >= 15 is 0 Å². The fraction of sp³-hybridized carbons (Fsp3) is 0.400. The highest BCUT2D eigenvalue weighted by molar-refractivity contribution is 7.89. The van der Waals surface area contributed by atoms with Crippen molar-refractivity contribution in [3.05, 3.63) is 28.8 Å². The van der Waals surface area contributed by atoms with Crippen molar-refractivity contribution in [2.24, 2.45) is 0 Å². The quantitative estimate of drug-likeness (QED) is 0.861. The van der Waals surface area contributed by atoms with E-state index in [4.69, 9.17) is 16.7 Å². The molecule has 0 saturated heterocycles. The zero-order valence-electron chi connectivity index (χ0n) is 9.07. The Morgan fingerprint density at radius 1 is 1.50 bits per heavy atom. The molecule has 0 radical (unpaired) electrons. The van der Waals surface area contributed by atoms with Gasteiger partial charge in [0.25, 0.3) is 0 Å². The average molecular weight is 264 g/mol. The molecule has 0 fully saturated rings. The fourth-order valence-corrected chi connectivity index (χ4v) is 2.97. The minimum Gasteiger partial charge on any atom is -0.395 e. The van der Waals surface area contributed by atoms with Gasteiger partial charge in [0.2, 0.25) is 10.0 Å². The SMILES string of the molecule is Cc1cc(Cl)ccc1S(=O)(=O)NC(C)CO. The van der Waals surface area contributed by atoms with Gasteiger partial charge < -0.3 is 5.11 Å². The number of hydrogen-bond acceptors (Lipinski definition) is 3. The van der Waals surface area contributed by atoms with E-state index < -0.39 is 16.1 Å². The van der Waals surface area contributed by atoms with Crippen molar-refractivity contribution >= 4 is 21.6 Å². The van der Waals surface area contributed by atoms with Gasteiger partial charge in [-0.1, -0.05) is 11.6 Å². The molecule has 1 aromatic rings. The van der Waals surface area contributed by atoms with Crippen LogP contribution in [0.3, 0.4) is 0 Å². The molecule has 0 bridgehead atoms. The van der Waals surface area contributed by atoms with E-state index in [9.17, 15) is 8.42 Å². The Kier molecular flexibility index (Phi) is 4.32. The zero-order chi connectivity index (χ0) is 12.3. The molecule has 0 heterocycles. The van der Waals surface area contributed by atoms with Crippen molar-refractivity contribution in [2.45, 2.75) is 24.8 Å². The molecule has 4 nitrogen and oxygen atoms in total. The first-order valence-corrected chi connectivity index (χ1v) is 6.62. The Hall–Kier alpha value is -0.620. The molecule has 0 amide bonds. The second kappa shape index (κ2) is 5.14. The van der Waals surface area contributed by atoms with Crippen molar-refractivity contribution in [1.82, 2.24) is 4.72 Å². The molecule has 90 valence electrons. The Labute approximate surface area is 100 Å². The Bertz CT molecular complexity index is 473. The van der Waals surface area contributed by atoms with Crippen LogP contribution in [-0.2, 0) is 10.0 Å². The Morgan fingerprint density at radius 3 is 2.62 bits per heavy atom. The minimum absolute atomic E-state index is 0.178. The number of halogens is 1. The average Bonchev–Trinajstić information content (AvgIpc) is 2.16. The fourth-order valence-electron chi connectivity index (χ4n) is 1.28. The van der Waals surface area contributed by atoms with Crippen LogP contribution in [0.1, 0.15) is 12.5 Å². The number of benzene rings is 1. The molecular weight excluding hydrogens is 250 g/mol. The Balaban J connectivity index is 3.08. The molecule has 16 heavy (non-hydrogen) atoms. The summed E-state index contributed by atoms with van der Waals surface area (Å²) < 4.78 is 26.1. The van der Waals surface area contributed by atoms with Gasteiger partial charge in [-0.25, -0.2) is 13.1 Å². The third-order valence-electron chi connectivity index (χ3n) is 2.06. The Morgan fingerprint density at radius 2 is 2.12 bits per heavy atom. The summed E-state index contributed by atoms with van der Waals surface area (Å²) in [5.41, 5.74) is 0.574. The number of aliphatic hydroxyl groups is 1. The largest absolute Gasteiger partial charge is 0.395 e. The maximum absolute atomic E-state index is 11.9. The molecular formula is C10H14ClNO3S. The summed E-state index contributed by atoms with van der Waals surface area (Å²) in [6.45, 7) is 3.01. The number of aryl methyl sites for hydroxylation is 1. The van der Waals surface area contributed by atoms with Gasteiger partial charge in [0, 0.05) is 11.1 Å². The molecule has 0 aromatic heterocycles. The molecule has 0 aliphatic carbocycles. The molecule has 0 aliphatic heterocycles. The van der Waals surface area contributed by atoms with Crippen molar-refractivity contribution in [3.63, 3.8) is 0 Å². The second-order valence-corrected chi connectivity index (χ2v) is 5.73. The third-order valence-corrected chi connectivity index (χ3v) is 4.04. The topological polar surface area (TPSA) is 66.4 Å². The van der Waals surface area contributed by atoms with Gasteiger partial charge in [-0.2, -0.15) is 0 Å². The number of sulfonamides is 1. The van der Waals surface area contributed by atoms with E-state index in [1.165, 1.54) is 12.1 Å². The maximum atomic E-state index is 11.9. The van der Waals surface area contributed by atoms with Gasteiger partial charge in [0.15, 0.2) is 0 Å². The number of rotatable bonds is 4. The van der Waals surface area contributed by atoms with E-state index in [2.05, 4.69) is 4.72 Å². The summed E-state index contributed by atoms with van der Waals surface area (Å²) in [4.78, 5) is 0.178. The molecule has 1 rings (SSSR count). The molecule has 0 saturated carbocycles. The lowest BCUT2D eigenvalue weighted by Crippen LogP contribution is -2.35. The van der Waals surface area contributed by atoms with Gasteiger partial charge in [-0.3, -0.25) is 0 Å². The van der Waals surface area contributed by atoms with Crippen LogP contribution in [0.25, 0.3) is 0 Å². The summed E-state index contributed by atoms with van der Waals surface area (Å²) in [5.74, 6) is 0. The van der Waals surface area contributed by atoms with Crippen molar-refractivity contribution < 1.29 is 13.5 Å². The normalized spacial score (nSPS) is 13.8. The van der Waals surface area contributed by atoms with Crippen molar-refractivity contribution in [2.75, 3.05) is 6.61 Å². The molecule has 1 unspecified atom stereocenters. The predicted molar refractivity (Wildman–Crippen MR) is 63.1 cm³/mol. The summed E-state index contributed by atoms with van der Waals surface area (Å²) >= 11 is 5.74. The summed E-state index contributed by atoms with van der Waals surface area (Å²) in [5, 5.41) is 9.30. The highest BCUT2D eigenvalue weighted by atomic mass is 35.5. The monoisotopic (exact) mass is 263 g/mol. The summed E-state index contributed by atoms with van der Waals surface area (Å²) in [6, 6.07) is 4.04. The van der Waals surface area contributed by atoms with Crippen LogP contribution in [0.15, 0.2) is 23.1 Å². The van der Waals surface area contributed by atoms with Gasteiger partial charge in [-0.05, 0) is 37.6 Å². The standard InChI is InChI=1S/C10H14ClNO3S/c1-7-5-9(11)3-4-10(7)16(14,15)12-8(2)6-13/h3-5,8,12-13H,6H2,1-2H3. The van der Waals surface area contributed by atoms with E-state index in [1.54, 1.807) is 19.9 Å². The number of nitrogens with one attached hydrogen (secondary N) is 1. The van der Waals surface area contributed by atoms with E-state index in [0.717, 1.165) is 0 Å². The van der Waals surface area contributed by atoms with Crippen molar-refractivity contribution in [3.8, 4) is 0 Å². The molecule has 6 heteroatoms. The summed E-state index contributed by atoms with van der Waals surface area (Å²) in [6.07, 6.45) is 0. The number of hydrogen-bond donors (Lipinski definition) is 2. The van der Waals surface area contributed by atoms with Crippen LogP contribution < -0.4 is 4.72 Å². The molecule has 0 spiro atoms. The summed E-state index contributed by atoms with van der Waals surface area (Å²) in [7, 11) is -3.59. The van der Waals surface area contributed by atoms with E-state index in [0.29, 0.717) is 10.6 Å². The van der Waals surface area contributed by atoms with E-state index in [-0.39, 0.29) is 11.5 Å². The first-order chi connectivity index (χ1) is 7.36. The lowest BCUT2D eigenvalue weighted by Gasteiger charge is -2.13. The maximum Gasteiger partial charge on any atom is 0.241 e. The van der Waals surface area contributed by atoms with Crippen LogP contribution in [0.4, 0.5) is 0 Å². The molecule has 1 aromatic carbocycles. The highest BCUT2D eigenvalue weighted by Crippen LogP contribution is 2.19. The third kappa shape index (κ3) is 3.18. The van der Waals surface area contributed by atoms with Crippen LogP contribution in [-0.4, -0.2) is 26.2 Å². The van der Waals surface area contributed by atoms with Crippen LogP contribution in [0.5, 0.6) is 0 Å². The molecule has 2 N–H and O–H groups in total. The molecule has 0 aliphatic rings. The zero-order valence-corrected chi connectivity index (χ0v) is 10.6. The lowest BCUT2D eigenvalue weighted by molar-refractivity contribution is 0.265. The van der Waals surface area contributed by atoms with Gasteiger partial charge in [0.05, 0.1) is 11.5 Å². The van der Waals surface area contributed by atoms with Gasteiger partial charge in [-0.15, -0.1) is 0 Å². The second-order valence-electron chi connectivity index (χ2n) is 3.61.